The minimum Gasteiger partial charge on any atom is -0.258 e. The van der Waals surface area contributed by atoms with Crippen LogP contribution in [-0.4, -0.2) is 21.4 Å². The first kappa shape index (κ1) is 17.0. The molecule has 0 aliphatic rings. The van der Waals surface area contributed by atoms with E-state index in [1.807, 2.05) is 0 Å². The summed E-state index contributed by atoms with van der Waals surface area (Å²) >= 11 is 1.80. The lowest BCUT2D eigenvalue weighted by Gasteiger charge is -2.03. The van der Waals surface area contributed by atoms with Crippen molar-refractivity contribution in [1.29, 1.82) is 0 Å². The van der Waals surface area contributed by atoms with Crippen LogP contribution in [0.1, 0.15) is 11.1 Å². The number of non-ortho nitro benzene ring substituents is 2. The van der Waals surface area contributed by atoms with Gasteiger partial charge in [0.2, 0.25) is 0 Å². The molecule has 120 valence electrons. The fourth-order valence-electron chi connectivity index (χ4n) is 2.05. The second-order valence-electron chi connectivity index (χ2n) is 4.96. The molecular formula is C16H16N2O4S. The van der Waals surface area contributed by atoms with Gasteiger partial charge in [-0.25, -0.2) is 0 Å². The zero-order valence-electron chi connectivity index (χ0n) is 12.4. The molecule has 2 aromatic rings. The topological polar surface area (TPSA) is 86.3 Å². The van der Waals surface area contributed by atoms with Crippen LogP contribution in [0.15, 0.2) is 48.5 Å². The lowest BCUT2D eigenvalue weighted by atomic mass is 10.1. The average Bonchev–Trinajstić information content (AvgIpc) is 2.55. The van der Waals surface area contributed by atoms with Gasteiger partial charge in [-0.1, -0.05) is 24.3 Å². The third-order valence-corrected chi connectivity index (χ3v) is 4.35. The number of aryl methyl sites for hydroxylation is 2. The molecule has 0 aliphatic heterocycles. The fourth-order valence-corrected chi connectivity index (χ4v) is 3.01. The highest BCUT2D eigenvalue weighted by molar-refractivity contribution is 7.99. The highest BCUT2D eigenvalue weighted by Crippen LogP contribution is 2.16. The molecule has 0 amide bonds. The maximum Gasteiger partial charge on any atom is 0.269 e. The Hall–Kier alpha value is -2.41. The van der Waals surface area contributed by atoms with E-state index in [2.05, 4.69) is 0 Å². The Kier molecular flexibility index (Phi) is 6.10. The van der Waals surface area contributed by atoms with Crippen molar-refractivity contribution < 1.29 is 9.85 Å². The van der Waals surface area contributed by atoms with Crippen LogP contribution < -0.4 is 0 Å². The molecule has 0 atom stereocenters. The Bertz CT molecular complexity index is 612. The van der Waals surface area contributed by atoms with Crippen molar-refractivity contribution >= 4 is 23.1 Å². The van der Waals surface area contributed by atoms with Crippen molar-refractivity contribution in [3.8, 4) is 0 Å². The Morgan fingerprint density at radius 1 is 0.696 bits per heavy atom. The molecule has 0 spiro atoms. The second-order valence-corrected chi connectivity index (χ2v) is 6.18. The van der Waals surface area contributed by atoms with E-state index >= 15 is 0 Å². The molecule has 0 saturated carbocycles. The zero-order valence-corrected chi connectivity index (χ0v) is 13.2. The number of nitro benzene ring substituents is 2. The monoisotopic (exact) mass is 332 g/mol. The Morgan fingerprint density at radius 2 is 1.04 bits per heavy atom. The number of benzene rings is 2. The largest absolute Gasteiger partial charge is 0.269 e. The van der Waals surface area contributed by atoms with Gasteiger partial charge in [0.1, 0.15) is 0 Å². The number of hydrogen-bond donors (Lipinski definition) is 0. The maximum atomic E-state index is 10.6. The average molecular weight is 332 g/mol. The van der Waals surface area contributed by atoms with Crippen LogP contribution in [0.25, 0.3) is 0 Å². The van der Waals surface area contributed by atoms with Crippen LogP contribution in [0.4, 0.5) is 11.4 Å². The maximum absolute atomic E-state index is 10.6. The van der Waals surface area contributed by atoms with E-state index < -0.39 is 9.85 Å². The lowest BCUT2D eigenvalue weighted by Crippen LogP contribution is -1.94. The molecule has 23 heavy (non-hydrogen) atoms. The molecule has 2 rings (SSSR count). The first-order valence-electron chi connectivity index (χ1n) is 7.10. The van der Waals surface area contributed by atoms with Gasteiger partial charge in [-0.3, -0.25) is 20.2 Å². The van der Waals surface area contributed by atoms with Gasteiger partial charge in [-0.05, 0) is 35.5 Å². The summed E-state index contributed by atoms with van der Waals surface area (Å²) in [5.41, 5.74) is 2.39. The van der Waals surface area contributed by atoms with Gasteiger partial charge in [0.05, 0.1) is 9.85 Å². The molecule has 2 aromatic carbocycles. The minimum absolute atomic E-state index is 0.111. The number of rotatable bonds is 8. The van der Waals surface area contributed by atoms with Crippen molar-refractivity contribution in [2.45, 2.75) is 12.8 Å². The third kappa shape index (κ3) is 5.37. The fraction of sp³-hybridized carbons (Fsp3) is 0.250. The predicted octanol–water partition coefficient (Wildman–Crippen LogP) is 4.02. The first-order valence-corrected chi connectivity index (χ1v) is 8.26. The van der Waals surface area contributed by atoms with Crippen LogP contribution in [-0.2, 0) is 12.8 Å². The van der Waals surface area contributed by atoms with Gasteiger partial charge in [0, 0.05) is 24.3 Å². The van der Waals surface area contributed by atoms with Crippen LogP contribution >= 0.6 is 11.8 Å². The third-order valence-electron chi connectivity index (χ3n) is 3.36. The molecule has 0 saturated heterocycles. The van der Waals surface area contributed by atoms with E-state index in [1.165, 1.54) is 24.3 Å². The number of nitro groups is 2. The van der Waals surface area contributed by atoms with Gasteiger partial charge in [-0.15, -0.1) is 0 Å². The van der Waals surface area contributed by atoms with Gasteiger partial charge in [0.25, 0.3) is 11.4 Å². The van der Waals surface area contributed by atoms with E-state index in [-0.39, 0.29) is 11.4 Å². The van der Waals surface area contributed by atoms with Crippen LogP contribution in [0.2, 0.25) is 0 Å². The summed E-state index contributed by atoms with van der Waals surface area (Å²) in [5, 5.41) is 21.1. The van der Waals surface area contributed by atoms with E-state index in [4.69, 9.17) is 0 Å². The number of thioether (sulfide) groups is 1. The van der Waals surface area contributed by atoms with Crippen molar-refractivity contribution in [1.82, 2.24) is 0 Å². The molecule has 0 fully saturated rings. The van der Waals surface area contributed by atoms with Crippen LogP contribution in [0.3, 0.4) is 0 Å². The van der Waals surface area contributed by atoms with E-state index in [1.54, 1.807) is 36.0 Å². The van der Waals surface area contributed by atoms with Crippen molar-refractivity contribution in [3.63, 3.8) is 0 Å². The Labute approximate surface area is 137 Å². The molecule has 6 nitrogen and oxygen atoms in total. The van der Waals surface area contributed by atoms with Crippen LogP contribution in [0, 0.1) is 20.2 Å². The van der Waals surface area contributed by atoms with Gasteiger partial charge < -0.3 is 0 Å². The molecule has 7 heteroatoms. The highest BCUT2D eigenvalue weighted by atomic mass is 32.2. The molecule has 0 radical (unpaired) electrons. The second kappa shape index (κ2) is 8.28. The molecule has 0 unspecified atom stereocenters. The summed E-state index contributed by atoms with van der Waals surface area (Å²) in [6, 6.07) is 13.2. The van der Waals surface area contributed by atoms with Gasteiger partial charge in [-0.2, -0.15) is 11.8 Å². The quantitative estimate of drug-likeness (QED) is 0.414. The van der Waals surface area contributed by atoms with E-state index in [0.717, 1.165) is 35.5 Å². The summed E-state index contributed by atoms with van der Waals surface area (Å²) < 4.78 is 0. The summed E-state index contributed by atoms with van der Waals surface area (Å²) in [6.07, 6.45) is 1.73. The number of nitrogens with zero attached hydrogens (tertiary/aromatic N) is 2. The summed E-state index contributed by atoms with van der Waals surface area (Å²) in [6.45, 7) is 0. The summed E-state index contributed by atoms with van der Waals surface area (Å²) in [7, 11) is 0. The van der Waals surface area contributed by atoms with E-state index in [9.17, 15) is 20.2 Å². The number of hydrogen-bond acceptors (Lipinski definition) is 5. The summed E-state index contributed by atoms with van der Waals surface area (Å²) in [4.78, 5) is 20.3. The SMILES string of the molecule is O=[N+]([O-])c1ccc(CCSCCc2ccc([N+](=O)[O-])cc2)cc1. The van der Waals surface area contributed by atoms with Gasteiger partial charge >= 0.3 is 0 Å². The Morgan fingerprint density at radius 3 is 1.35 bits per heavy atom. The highest BCUT2D eigenvalue weighted by Gasteiger charge is 2.05. The van der Waals surface area contributed by atoms with Crippen molar-refractivity contribution in [2.75, 3.05) is 11.5 Å². The van der Waals surface area contributed by atoms with Crippen molar-refractivity contribution in [2.24, 2.45) is 0 Å². The van der Waals surface area contributed by atoms with Crippen LogP contribution in [0.5, 0.6) is 0 Å². The molecule has 0 heterocycles. The molecule has 0 bridgehead atoms. The molecular weight excluding hydrogens is 316 g/mol. The molecule has 0 N–H and O–H groups in total. The summed E-state index contributed by atoms with van der Waals surface area (Å²) in [5.74, 6) is 1.87. The zero-order chi connectivity index (χ0) is 16.7. The van der Waals surface area contributed by atoms with Gasteiger partial charge in [0.15, 0.2) is 0 Å². The minimum atomic E-state index is -0.400. The normalized spacial score (nSPS) is 10.4. The smallest absolute Gasteiger partial charge is 0.258 e. The molecule has 0 aromatic heterocycles. The lowest BCUT2D eigenvalue weighted by molar-refractivity contribution is -0.385. The molecule has 0 aliphatic carbocycles. The van der Waals surface area contributed by atoms with Crippen molar-refractivity contribution in [3.05, 3.63) is 79.9 Å². The first-order chi connectivity index (χ1) is 11.1. The standard InChI is InChI=1S/C16H16N2O4S/c19-17(20)15-5-1-13(2-6-15)9-11-23-12-10-14-3-7-16(8-4-14)18(21)22/h1-8H,9-12H2. The van der Waals surface area contributed by atoms with E-state index in [0.29, 0.717) is 0 Å². The Balaban J connectivity index is 1.69. The predicted molar refractivity (Wildman–Crippen MR) is 90.9 cm³/mol.